The average molecular weight is 417 g/mol. The Kier molecular flexibility index (Phi) is 4.99. The fourth-order valence-corrected chi connectivity index (χ4v) is 6.15. The first-order valence-electron chi connectivity index (χ1n) is 11.5. The number of hydrogen-bond donors (Lipinski definition) is 2. The molecule has 5 nitrogen and oxygen atoms in total. The number of nitrogens with zero attached hydrogens (tertiary/aromatic N) is 2. The van der Waals surface area contributed by atoms with Crippen molar-refractivity contribution in [2.45, 2.75) is 52.5 Å². The first-order chi connectivity index (χ1) is 14.9. The first-order valence-corrected chi connectivity index (χ1v) is 11.5. The summed E-state index contributed by atoms with van der Waals surface area (Å²) >= 11 is 0. The van der Waals surface area contributed by atoms with Gasteiger partial charge in [0, 0.05) is 17.8 Å². The van der Waals surface area contributed by atoms with Crippen LogP contribution in [0.5, 0.6) is 0 Å². The van der Waals surface area contributed by atoms with Crippen LogP contribution in [0.3, 0.4) is 0 Å². The number of anilines is 1. The molecule has 2 heterocycles. The molecule has 5 atom stereocenters. The molecule has 5 heteroatoms. The van der Waals surface area contributed by atoms with E-state index >= 15 is 0 Å². The Labute approximate surface area is 184 Å². The molecule has 162 valence electrons. The quantitative estimate of drug-likeness (QED) is 0.608. The van der Waals surface area contributed by atoms with Gasteiger partial charge < -0.3 is 11.1 Å². The predicted molar refractivity (Wildman–Crippen MR) is 125 cm³/mol. The first kappa shape index (κ1) is 20.1. The highest BCUT2D eigenvalue weighted by Gasteiger charge is 2.40. The topological polar surface area (TPSA) is 72.4 Å². The lowest BCUT2D eigenvalue weighted by Gasteiger charge is -2.47. The maximum atomic E-state index is 12.3. The third-order valence-corrected chi connectivity index (χ3v) is 7.50. The minimum atomic E-state index is -0.436. The number of nitrogens with two attached hydrogens (primary N) is 1. The molecule has 3 N–H and O–H groups in total. The summed E-state index contributed by atoms with van der Waals surface area (Å²) in [5.41, 5.74) is 11.4. The van der Waals surface area contributed by atoms with E-state index in [9.17, 15) is 4.79 Å². The molecule has 0 aliphatic heterocycles. The molecule has 5 rings (SSSR count). The van der Waals surface area contributed by atoms with Gasteiger partial charge in [0.25, 0.3) is 5.91 Å². The van der Waals surface area contributed by atoms with Gasteiger partial charge in [0.05, 0.1) is 23.0 Å². The molecule has 1 aromatic carbocycles. The van der Waals surface area contributed by atoms with Crippen LogP contribution in [-0.2, 0) is 0 Å². The second kappa shape index (κ2) is 7.70. The molecule has 2 aromatic heterocycles. The van der Waals surface area contributed by atoms with E-state index in [-0.39, 0.29) is 0 Å². The lowest BCUT2D eigenvalue weighted by molar-refractivity contribution is 0.0958. The van der Waals surface area contributed by atoms with Crippen molar-refractivity contribution in [3.63, 3.8) is 0 Å². The second-order valence-corrected chi connectivity index (χ2v) is 10.0. The van der Waals surface area contributed by atoms with E-state index in [0.717, 1.165) is 34.2 Å². The van der Waals surface area contributed by atoms with Gasteiger partial charge in [-0.15, -0.1) is 0 Å². The molecular formula is C26H32N4O. The molecular weight excluding hydrogens is 384 g/mol. The summed E-state index contributed by atoms with van der Waals surface area (Å²) in [7, 11) is 0. The smallest absolute Gasteiger partial charge is 0.252 e. The normalized spacial score (nSPS) is 27.9. The van der Waals surface area contributed by atoms with Crippen molar-refractivity contribution < 1.29 is 4.79 Å². The summed E-state index contributed by atoms with van der Waals surface area (Å²) in [5, 5.41) is 8.30. The van der Waals surface area contributed by atoms with Crippen molar-refractivity contribution in [3.05, 3.63) is 53.9 Å². The number of fused-ring (bicyclic) bond motifs is 3. The summed E-state index contributed by atoms with van der Waals surface area (Å²) in [6.45, 7) is 6.82. The van der Waals surface area contributed by atoms with Gasteiger partial charge in [-0.3, -0.25) is 4.79 Å². The van der Waals surface area contributed by atoms with Crippen LogP contribution in [0.2, 0.25) is 0 Å². The van der Waals surface area contributed by atoms with Crippen LogP contribution in [0.1, 0.15) is 55.5 Å². The highest BCUT2D eigenvalue weighted by Crippen LogP contribution is 2.46. The maximum absolute atomic E-state index is 12.3. The summed E-state index contributed by atoms with van der Waals surface area (Å²) in [6, 6.07) is 10.9. The summed E-state index contributed by atoms with van der Waals surface area (Å²) in [6.07, 6.45) is 8.78. The van der Waals surface area contributed by atoms with Crippen molar-refractivity contribution >= 4 is 17.1 Å². The number of nitrogens with one attached hydrogen (secondary N) is 1. The minimum absolute atomic E-state index is 0.348. The number of benzene rings is 1. The fourth-order valence-electron chi connectivity index (χ4n) is 6.15. The van der Waals surface area contributed by atoms with Crippen LogP contribution in [-0.4, -0.2) is 21.6 Å². The highest BCUT2D eigenvalue weighted by atomic mass is 16.1. The summed E-state index contributed by atoms with van der Waals surface area (Å²) < 4.78 is 1.86. The van der Waals surface area contributed by atoms with Crippen molar-refractivity contribution in [1.29, 1.82) is 0 Å². The number of carbonyl (C=O) groups is 1. The van der Waals surface area contributed by atoms with Crippen molar-refractivity contribution in [2.24, 2.45) is 29.4 Å². The van der Waals surface area contributed by atoms with Crippen molar-refractivity contribution in [1.82, 2.24) is 9.61 Å². The highest BCUT2D eigenvalue weighted by molar-refractivity contribution is 6.02. The maximum Gasteiger partial charge on any atom is 0.252 e. The molecule has 2 aliphatic rings. The number of carbonyl (C=O) groups excluding carboxylic acids is 1. The van der Waals surface area contributed by atoms with Crippen LogP contribution >= 0.6 is 0 Å². The standard InChI is InChI=1S/C26H32N4O/c1-15-4-6-19(7-5-15)21-12-23-25(22(26(27)31)13-28-30(23)14-21)29-24-17(3)10-18-8-16(2)9-20(24)11-18/h4-7,12-14,16-18,20,24,29H,8-11H2,1-3H3,(H2,27,31). The Morgan fingerprint density at radius 3 is 2.61 bits per heavy atom. The average Bonchev–Trinajstić information content (AvgIpc) is 3.15. The molecule has 0 radical (unpaired) electrons. The number of primary amides is 1. The van der Waals surface area contributed by atoms with Gasteiger partial charge in [0.15, 0.2) is 0 Å². The Hall–Kier alpha value is -2.82. The van der Waals surface area contributed by atoms with E-state index in [1.54, 1.807) is 6.20 Å². The number of aryl methyl sites for hydroxylation is 1. The Balaban J connectivity index is 1.56. The van der Waals surface area contributed by atoms with Crippen molar-refractivity contribution in [2.75, 3.05) is 5.32 Å². The number of hydrogen-bond acceptors (Lipinski definition) is 3. The molecule has 2 saturated carbocycles. The van der Waals surface area contributed by atoms with E-state index < -0.39 is 5.91 Å². The Morgan fingerprint density at radius 1 is 1.10 bits per heavy atom. The van der Waals surface area contributed by atoms with Crippen LogP contribution in [0.15, 0.2) is 42.7 Å². The zero-order valence-corrected chi connectivity index (χ0v) is 18.6. The lowest BCUT2D eigenvalue weighted by atomic mass is 9.63. The molecule has 31 heavy (non-hydrogen) atoms. The minimum Gasteiger partial charge on any atom is -0.379 e. The molecule has 2 fully saturated rings. The molecule has 0 saturated heterocycles. The van der Waals surface area contributed by atoms with Gasteiger partial charge in [0.2, 0.25) is 0 Å². The van der Waals surface area contributed by atoms with Gasteiger partial charge >= 0.3 is 0 Å². The zero-order valence-electron chi connectivity index (χ0n) is 18.6. The van der Waals surface area contributed by atoms with E-state index in [0.29, 0.717) is 23.4 Å². The summed E-state index contributed by atoms with van der Waals surface area (Å²) in [5.74, 6) is 2.38. The van der Waals surface area contributed by atoms with Crippen LogP contribution in [0, 0.1) is 30.6 Å². The Bertz CT molecular complexity index is 1110. The monoisotopic (exact) mass is 416 g/mol. The summed E-state index contributed by atoms with van der Waals surface area (Å²) in [4.78, 5) is 12.3. The van der Waals surface area contributed by atoms with Gasteiger partial charge in [0.1, 0.15) is 0 Å². The third kappa shape index (κ3) is 3.71. The van der Waals surface area contributed by atoms with Crippen LogP contribution < -0.4 is 11.1 Å². The molecule has 2 bridgehead atoms. The third-order valence-electron chi connectivity index (χ3n) is 7.50. The lowest BCUT2D eigenvalue weighted by Crippen LogP contribution is -2.45. The fraction of sp³-hybridized carbons (Fsp3) is 0.462. The number of rotatable bonds is 4. The molecule has 3 aromatic rings. The van der Waals surface area contributed by atoms with Crippen LogP contribution in [0.25, 0.3) is 16.6 Å². The molecule has 0 spiro atoms. The zero-order chi connectivity index (χ0) is 21.7. The number of aromatic nitrogens is 2. The Morgan fingerprint density at radius 2 is 1.87 bits per heavy atom. The van der Waals surface area contributed by atoms with E-state index in [1.165, 1.54) is 31.2 Å². The van der Waals surface area contributed by atoms with E-state index in [4.69, 9.17) is 5.73 Å². The van der Waals surface area contributed by atoms with E-state index in [1.807, 2.05) is 10.7 Å². The number of amides is 1. The predicted octanol–water partition coefficient (Wildman–Crippen LogP) is 5.28. The van der Waals surface area contributed by atoms with Gasteiger partial charge in [-0.25, -0.2) is 4.52 Å². The second-order valence-electron chi connectivity index (χ2n) is 10.0. The SMILES string of the molecule is Cc1ccc(-c2cc3c(NC4C(C)CC5CC(C)CC4C5)c(C(N)=O)cnn3c2)cc1. The van der Waals surface area contributed by atoms with Crippen LogP contribution in [0.4, 0.5) is 5.69 Å². The largest absolute Gasteiger partial charge is 0.379 e. The van der Waals surface area contributed by atoms with Gasteiger partial charge in [-0.1, -0.05) is 43.7 Å². The van der Waals surface area contributed by atoms with Gasteiger partial charge in [-0.05, 0) is 67.9 Å². The molecule has 2 aliphatic carbocycles. The van der Waals surface area contributed by atoms with E-state index in [2.05, 4.69) is 61.5 Å². The van der Waals surface area contributed by atoms with Crippen molar-refractivity contribution in [3.8, 4) is 11.1 Å². The molecule has 1 amide bonds. The molecule has 5 unspecified atom stereocenters. The van der Waals surface area contributed by atoms with Gasteiger partial charge in [-0.2, -0.15) is 5.10 Å².